The third kappa shape index (κ3) is 7.72. The van der Waals surface area contributed by atoms with Crippen LogP contribution in [0.2, 0.25) is 0 Å². The van der Waals surface area contributed by atoms with Gasteiger partial charge in [0.15, 0.2) is 0 Å². The van der Waals surface area contributed by atoms with Gasteiger partial charge in [-0.2, -0.15) is 0 Å². The molecule has 0 aliphatic rings. The molecule has 21 heavy (non-hydrogen) atoms. The van der Waals surface area contributed by atoms with Crippen LogP contribution in [0.5, 0.6) is 5.75 Å². The second-order valence-corrected chi connectivity index (χ2v) is 5.56. The van der Waals surface area contributed by atoms with Crippen LogP contribution in [0.3, 0.4) is 0 Å². The van der Waals surface area contributed by atoms with Crippen LogP contribution in [-0.4, -0.2) is 48.4 Å². The van der Waals surface area contributed by atoms with Crippen molar-refractivity contribution in [2.24, 2.45) is 5.73 Å². The van der Waals surface area contributed by atoms with Crippen molar-refractivity contribution in [1.29, 1.82) is 0 Å². The third-order valence-electron chi connectivity index (χ3n) is 2.92. The van der Waals surface area contributed by atoms with Gasteiger partial charge >= 0.3 is 0 Å². The topological polar surface area (TPSA) is 58.7 Å². The normalized spacial score (nSPS) is 11.1. The van der Waals surface area contributed by atoms with E-state index in [9.17, 15) is 5.11 Å². The Balaban J connectivity index is 2.41. The van der Waals surface area contributed by atoms with Crippen molar-refractivity contribution < 1.29 is 9.84 Å². The lowest BCUT2D eigenvalue weighted by atomic mass is 10.1. The molecule has 116 valence electrons. The number of nitrogens with two attached hydrogens (primary N) is 1. The minimum absolute atomic E-state index is 0.367. The molecule has 1 rings (SSSR count). The fourth-order valence-electron chi connectivity index (χ4n) is 1.98. The van der Waals surface area contributed by atoms with Crippen LogP contribution in [-0.2, 0) is 0 Å². The Morgan fingerprint density at radius 3 is 2.48 bits per heavy atom. The van der Waals surface area contributed by atoms with Gasteiger partial charge in [0.1, 0.15) is 12.4 Å². The fraction of sp³-hybridized carbons (Fsp3) is 0.529. The van der Waals surface area contributed by atoms with E-state index >= 15 is 0 Å². The summed E-state index contributed by atoms with van der Waals surface area (Å²) >= 11 is 0. The predicted octanol–water partition coefficient (Wildman–Crippen LogP) is 1.47. The molecular weight excluding hydrogens is 264 g/mol. The molecule has 3 N–H and O–H groups in total. The van der Waals surface area contributed by atoms with Crippen molar-refractivity contribution in [1.82, 2.24) is 4.90 Å². The summed E-state index contributed by atoms with van der Waals surface area (Å²) in [6.45, 7) is 8.99. The number of benzene rings is 1. The molecule has 4 heteroatoms. The summed E-state index contributed by atoms with van der Waals surface area (Å²) in [5.41, 5.74) is 5.59. The summed E-state index contributed by atoms with van der Waals surface area (Å²) in [5, 5.41) is 9.83. The minimum Gasteiger partial charge on any atom is -0.492 e. The second kappa shape index (κ2) is 8.68. The van der Waals surface area contributed by atoms with Crippen LogP contribution in [0.1, 0.15) is 26.3 Å². The van der Waals surface area contributed by atoms with Gasteiger partial charge in [0.25, 0.3) is 0 Å². The first-order chi connectivity index (χ1) is 9.94. The van der Waals surface area contributed by atoms with Crippen LogP contribution in [0.4, 0.5) is 0 Å². The SMILES string of the molecule is CCN(CCOc1ccc(C#CCN)cc1)CC(C)(C)O. The van der Waals surface area contributed by atoms with E-state index in [2.05, 4.69) is 23.7 Å². The Labute approximate surface area is 127 Å². The molecule has 4 nitrogen and oxygen atoms in total. The average molecular weight is 290 g/mol. The van der Waals surface area contributed by atoms with Crippen molar-refractivity contribution >= 4 is 0 Å². The van der Waals surface area contributed by atoms with Crippen LogP contribution in [0.15, 0.2) is 24.3 Å². The molecule has 0 aliphatic carbocycles. The Kier molecular flexibility index (Phi) is 7.24. The first-order valence-corrected chi connectivity index (χ1v) is 7.31. The van der Waals surface area contributed by atoms with Crippen molar-refractivity contribution in [3.05, 3.63) is 29.8 Å². The highest BCUT2D eigenvalue weighted by molar-refractivity contribution is 5.38. The van der Waals surface area contributed by atoms with E-state index in [1.807, 2.05) is 38.1 Å². The van der Waals surface area contributed by atoms with Gasteiger partial charge in [-0.3, -0.25) is 4.90 Å². The fourth-order valence-corrected chi connectivity index (χ4v) is 1.98. The minimum atomic E-state index is -0.681. The van der Waals surface area contributed by atoms with Crippen molar-refractivity contribution in [2.75, 3.05) is 32.8 Å². The number of hydrogen-bond acceptors (Lipinski definition) is 4. The first kappa shape index (κ1) is 17.5. The number of aliphatic hydroxyl groups is 1. The largest absolute Gasteiger partial charge is 0.492 e. The molecule has 0 spiro atoms. The van der Waals surface area contributed by atoms with Gasteiger partial charge in [-0.1, -0.05) is 18.8 Å². The molecule has 0 aliphatic heterocycles. The van der Waals surface area contributed by atoms with Gasteiger partial charge in [0.2, 0.25) is 0 Å². The van der Waals surface area contributed by atoms with Crippen molar-refractivity contribution in [2.45, 2.75) is 26.4 Å². The molecule has 0 amide bonds. The maximum absolute atomic E-state index is 9.83. The van der Waals surface area contributed by atoms with Crippen LogP contribution in [0, 0.1) is 11.8 Å². The zero-order valence-electron chi connectivity index (χ0n) is 13.2. The van der Waals surface area contributed by atoms with E-state index in [1.54, 1.807) is 0 Å². The monoisotopic (exact) mass is 290 g/mol. The quantitative estimate of drug-likeness (QED) is 0.747. The van der Waals surface area contributed by atoms with Gasteiger partial charge in [0.05, 0.1) is 12.1 Å². The summed E-state index contributed by atoms with van der Waals surface area (Å²) in [5.74, 6) is 6.62. The molecule has 0 saturated heterocycles. The number of rotatable bonds is 7. The smallest absolute Gasteiger partial charge is 0.119 e. The molecular formula is C17H26N2O2. The Morgan fingerprint density at radius 1 is 1.29 bits per heavy atom. The first-order valence-electron chi connectivity index (χ1n) is 7.31. The van der Waals surface area contributed by atoms with Crippen LogP contribution < -0.4 is 10.5 Å². The van der Waals surface area contributed by atoms with Gasteiger partial charge in [-0.25, -0.2) is 0 Å². The lowest BCUT2D eigenvalue weighted by Gasteiger charge is -2.27. The van der Waals surface area contributed by atoms with E-state index in [0.29, 0.717) is 19.7 Å². The standard InChI is InChI=1S/C17H26N2O2/c1-4-19(14-17(2,3)20)12-13-21-16-9-7-15(8-10-16)6-5-11-18/h7-10,20H,4,11-14,18H2,1-3H3. The molecule has 0 saturated carbocycles. The average Bonchev–Trinajstić information content (AvgIpc) is 2.44. The van der Waals surface area contributed by atoms with E-state index in [4.69, 9.17) is 10.5 Å². The lowest BCUT2D eigenvalue weighted by Crippen LogP contribution is -2.40. The Hall–Kier alpha value is -1.54. The molecule has 0 bridgehead atoms. The van der Waals surface area contributed by atoms with E-state index in [0.717, 1.165) is 24.4 Å². The van der Waals surface area contributed by atoms with Crippen LogP contribution in [0.25, 0.3) is 0 Å². The summed E-state index contributed by atoms with van der Waals surface area (Å²) in [6.07, 6.45) is 0. The molecule has 0 unspecified atom stereocenters. The van der Waals surface area contributed by atoms with Crippen LogP contribution >= 0.6 is 0 Å². The van der Waals surface area contributed by atoms with Gasteiger partial charge in [0, 0.05) is 18.7 Å². The molecule has 0 fully saturated rings. The summed E-state index contributed by atoms with van der Waals surface area (Å²) in [6, 6.07) is 7.67. The Morgan fingerprint density at radius 2 is 1.95 bits per heavy atom. The van der Waals surface area contributed by atoms with Gasteiger partial charge in [-0.05, 0) is 44.7 Å². The molecule has 0 radical (unpaired) electrons. The second-order valence-electron chi connectivity index (χ2n) is 5.56. The van der Waals surface area contributed by atoms with E-state index in [-0.39, 0.29) is 0 Å². The van der Waals surface area contributed by atoms with E-state index in [1.165, 1.54) is 0 Å². The molecule has 1 aromatic carbocycles. The van der Waals surface area contributed by atoms with Crippen molar-refractivity contribution in [3.63, 3.8) is 0 Å². The van der Waals surface area contributed by atoms with Gasteiger partial charge in [-0.15, -0.1) is 0 Å². The molecule has 0 aromatic heterocycles. The maximum Gasteiger partial charge on any atom is 0.119 e. The summed E-state index contributed by atoms with van der Waals surface area (Å²) in [7, 11) is 0. The number of nitrogens with zero attached hydrogens (tertiary/aromatic N) is 1. The highest BCUT2D eigenvalue weighted by Gasteiger charge is 2.16. The highest BCUT2D eigenvalue weighted by Crippen LogP contribution is 2.12. The van der Waals surface area contributed by atoms with Crippen molar-refractivity contribution in [3.8, 4) is 17.6 Å². The number of ether oxygens (including phenoxy) is 1. The van der Waals surface area contributed by atoms with E-state index < -0.39 is 5.60 Å². The highest BCUT2D eigenvalue weighted by atomic mass is 16.5. The molecule has 0 heterocycles. The predicted molar refractivity (Wildman–Crippen MR) is 86.3 cm³/mol. The summed E-state index contributed by atoms with van der Waals surface area (Å²) in [4.78, 5) is 2.17. The zero-order valence-corrected chi connectivity index (χ0v) is 13.2. The lowest BCUT2D eigenvalue weighted by molar-refractivity contribution is 0.0340. The maximum atomic E-state index is 9.83. The Bertz CT molecular complexity index is 466. The molecule has 1 aromatic rings. The molecule has 0 atom stereocenters. The third-order valence-corrected chi connectivity index (χ3v) is 2.92. The summed E-state index contributed by atoms with van der Waals surface area (Å²) < 4.78 is 5.72. The number of hydrogen-bond donors (Lipinski definition) is 2. The van der Waals surface area contributed by atoms with Gasteiger partial charge < -0.3 is 15.6 Å². The zero-order chi connectivity index (χ0) is 15.7. The number of likely N-dealkylation sites (N-methyl/N-ethyl adjacent to an activating group) is 1.